The van der Waals surface area contributed by atoms with Crippen LogP contribution in [0.2, 0.25) is 0 Å². The Morgan fingerprint density at radius 2 is 2.19 bits per heavy atom. The summed E-state index contributed by atoms with van der Waals surface area (Å²) in [7, 11) is 0. The number of hydrogen-bond acceptors (Lipinski definition) is 5. The predicted octanol–water partition coefficient (Wildman–Crippen LogP) is 3.22. The number of amides is 1. The third-order valence-electron chi connectivity index (χ3n) is 3.91. The standard InChI is InChI=1S/C19H19N5O2S/c1-11(2)24-18(26)17-15(7-12(3)21-17)23-19(24)27-10-16(25)22-14-6-4-5-13(8-14)9-20/h4-8,11,21H,10H2,1-3H3,(H,22,25). The highest BCUT2D eigenvalue weighted by molar-refractivity contribution is 7.99. The number of carbonyl (C=O) groups is 1. The van der Waals surface area contributed by atoms with Gasteiger partial charge in [-0.1, -0.05) is 17.8 Å². The molecule has 1 amide bonds. The van der Waals surface area contributed by atoms with Gasteiger partial charge >= 0.3 is 0 Å². The Labute approximate surface area is 160 Å². The molecule has 0 aliphatic rings. The van der Waals surface area contributed by atoms with Gasteiger partial charge in [-0.15, -0.1) is 0 Å². The summed E-state index contributed by atoms with van der Waals surface area (Å²) < 4.78 is 1.59. The van der Waals surface area contributed by atoms with Crippen LogP contribution in [-0.4, -0.2) is 26.2 Å². The van der Waals surface area contributed by atoms with E-state index in [0.29, 0.717) is 27.4 Å². The fraction of sp³-hybridized carbons (Fsp3) is 0.263. The summed E-state index contributed by atoms with van der Waals surface area (Å²) in [4.78, 5) is 32.6. The zero-order valence-electron chi connectivity index (χ0n) is 15.2. The van der Waals surface area contributed by atoms with E-state index in [2.05, 4.69) is 15.3 Å². The van der Waals surface area contributed by atoms with Crippen LogP contribution in [0.4, 0.5) is 5.69 Å². The number of thioether (sulfide) groups is 1. The van der Waals surface area contributed by atoms with Gasteiger partial charge in [0, 0.05) is 17.4 Å². The van der Waals surface area contributed by atoms with Crippen molar-refractivity contribution >= 4 is 34.4 Å². The number of aromatic amines is 1. The van der Waals surface area contributed by atoms with Gasteiger partial charge in [-0.2, -0.15) is 5.26 Å². The summed E-state index contributed by atoms with van der Waals surface area (Å²) in [6.45, 7) is 5.68. The van der Waals surface area contributed by atoms with Crippen LogP contribution >= 0.6 is 11.8 Å². The summed E-state index contributed by atoms with van der Waals surface area (Å²) in [6.07, 6.45) is 0. The Morgan fingerprint density at radius 1 is 1.41 bits per heavy atom. The average molecular weight is 381 g/mol. The van der Waals surface area contributed by atoms with E-state index < -0.39 is 0 Å². The van der Waals surface area contributed by atoms with Crippen molar-refractivity contribution in [3.05, 3.63) is 51.9 Å². The van der Waals surface area contributed by atoms with E-state index in [9.17, 15) is 9.59 Å². The van der Waals surface area contributed by atoms with Gasteiger partial charge in [-0.3, -0.25) is 14.2 Å². The molecule has 2 N–H and O–H groups in total. The second-order valence-corrected chi connectivity index (χ2v) is 7.35. The SMILES string of the molecule is Cc1cc2nc(SCC(=O)Nc3cccc(C#N)c3)n(C(C)C)c(=O)c2[nH]1. The number of nitrogens with zero attached hydrogens (tertiary/aromatic N) is 3. The molecule has 0 aliphatic heterocycles. The third kappa shape index (κ3) is 4.04. The molecule has 0 bridgehead atoms. The topological polar surface area (TPSA) is 104 Å². The zero-order chi connectivity index (χ0) is 19.6. The molecule has 8 heteroatoms. The van der Waals surface area contributed by atoms with E-state index in [1.807, 2.05) is 32.9 Å². The van der Waals surface area contributed by atoms with E-state index in [4.69, 9.17) is 5.26 Å². The van der Waals surface area contributed by atoms with E-state index in [0.717, 1.165) is 5.69 Å². The Balaban J connectivity index is 1.81. The van der Waals surface area contributed by atoms with Gasteiger partial charge in [-0.25, -0.2) is 4.98 Å². The smallest absolute Gasteiger partial charge is 0.278 e. The van der Waals surface area contributed by atoms with Crippen molar-refractivity contribution in [3.63, 3.8) is 0 Å². The summed E-state index contributed by atoms with van der Waals surface area (Å²) in [6, 6.07) is 10.5. The van der Waals surface area contributed by atoms with Crippen LogP contribution in [0, 0.1) is 18.3 Å². The van der Waals surface area contributed by atoms with Crippen molar-refractivity contribution in [3.8, 4) is 6.07 Å². The number of rotatable bonds is 5. The maximum absolute atomic E-state index is 12.8. The number of benzene rings is 1. The van der Waals surface area contributed by atoms with Gasteiger partial charge in [0.15, 0.2) is 5.16 Å². The molecule has 1 aromatic carbocycles. The van der Waals surface area contributed by atoms with E-state index in [1.54, 1.807) is 28.8 Å². The van der Waals surface area contributed by atoms with Gasteiger partial charge in [0.2, 0.25) is 5.91 Å². The molecule has 0 aliphatic carbocycles. The summed E-state index contributed by atoms with van der Waals surface area (Å²) in [5.41, 5.74) is 2.83. The number of nitrogens with one attached hydrogen (secondary N) is 2. The monoisotopic (exact) mass is 381 g/mol. The first-order valence-electron chi connectivity index (χ1n) is 8.43. The lowest BCUT2D eigenvalue weighted by Gasteiger charge is -2.15. The fourth-order valence-electron chi connectivity index (χ4n) is 2.74. The first kappa shape index (κ1) is 18.7. The summed E-state index contributed by atoms with van der Waals surface area (Å²) in [5.74, 6) is -0.129. The minimum atomic E-state index is -0.231. The molecule has 138 valence electrons. The molecule has 0 unspecified atom stereocenters. The van der Waals surface area contributed by atoms with Crippen LogP contribution in [0.15, 0.2) is 40.3 Å². The maximum Gasteiger partial charge on any atom is 0.278 e. The molecule has 27 heavy (non-hydrogen) atoms. The molecule has 7 nitrogen and oxygen atoms in total. The number of carbonyl (C=O) groups excluding carboxylic acids is 1. The van der Waals surface area contributed by atoms with E-state index in [1.165, 1.54) is 11.8 Å². The van der Waals surface area contributed by atoms with Crippen molar-refractivity contribution in [2.45, 2.75) is 32.0 Å². The molecule has 0 fully saturated rings. The Morgan fingerprint density at radius 3 is 2.89 bits per heavy atom. The van der Waals surface area contributed by atoms with Crippen LogP contribution in [0.25, 0.3) is 11.0 Å². The zero-order valence-corrected chi connectivity index (χ0v) is 16.1. The number of anilines is 1. The van der Waals surface area contributed by atoms with Gasteiger partial charge in [-0.05, 0) is 45.0 Å². The minimum absolute atomic E-state index is 0.0872. The quantitative estimate of drug-likeness (QED) is 0.522. The van der Waals surface area contributed by atoms with Crippen LogP contribution in [0.3, 0.4) is 0 Å². The largest absolute Gasteiger partial charge is 0.353 e. The van der Waals surface area contributed by atoms with Gasteiger partial charge in [0.25, 0.3) is 5.56 Å². The lowest BCUT2D eigenvalue weighted by Crippen LogP contribution is -2.25. The van der Waals surface area contributed by atoms with Gasteiger partial charge in [0.1, 0.15) is 5.52 Å². The number of aryl methyl sites for hydroxylation is 1. The van der Waals surface area contributed by atoms with Gasteiger partial charge < -0.3 is 10.3 Å². The third-order valence-corrected chi connectivity index (χ3v) is 4.86. The van der Waals surface area contributed by atoms with Crippen molar-refractivity contribution < 1.29 is 4.79 Å². The number of fused-ring (bicyclic) bond motifs is 1. The number of H-pyrrole nitrogens is 1. The van der Waals surface area contributed by atoms with Crippen molar-refractivity contribution in [2.24, 2.45) is 0 Å². The summed E-state index contributed by atoms with van der Waals surface area (Å²) in [5, 5.41) is 12.2. The lowest BCUT2D eigenvalue weighted by molar-refractivity contribution is -0.113. The molecule has 0 radical (unpaired) electrons. The van der Waals surface area contributed by atoms with E-state index >= 15 is 0 Å². The molecular weight excluding hydrogens is 362 g/mol. The second-order valence-electron chi connectivity index (χ2n) is 6.41. The highest BCUT2D eigenvalue weighted by atomic mass is 32.2. The molecule has 3 rings (SSSR count). The van der Waals surface area contributed by atoms with Crippen molar-refractivity contribution in [1.29, 1.82) is 5.26 Å². The van der Waals surface area contributed by atoms with Crippen LogP contribution in [-0.2, 0) is 4.79 Å². The van der Waals surface area contributed by atoms with Crippen LogP contribution < -0.4 is 10.9 Å². The first-order chi connectivity index (χ1) is 12.9. The predicted molar refractivity (Wildman–Crippen MR) is 106 cm³/mol. The number of hydrogen-bond donors (Lipinski definition) is 2. The first-order valence-corrected chi connectivity index (χ1v) is 9.42. The molecule has 2 heterocycles. The van der Waals surface area contributed by atoms with Crippen molar-refractivity contribution in [1.82, 2.24) is 14.5 Å². The van der Waals surface area contributed by atoms with Crippen LogP contribution in [0.1, 0.15) is 31.1 Å². The normalized spacial score (nSPS) is 10.9. The van der Waals surface area contributed by atoms with Crippen LogP contribution in [0.5, 0.6) is 0 Å². The molecular formula is C19H19N5O2S. The molecule has 0 atom stereocenters. The van der Waals surface area contributed by atoms with Crippen molar-refractivity contribution in [2.75, 3.05) is 11.1 Å². The second kappa shape index (κ2) is 7.68. The molecule has 2 aromatic heterocycles. The Hall–Kier alpha value is -3.05. The molecule has 0 spiro atoms. The highest BCUT2D eigenvalue weighted by Gasteiger charge is 2.16. The Bertz CT molecular complexity index is 1110. The maximum atomic E-state index is 12.8. The number of nitriles is 1. The molecule has 0 saturated heterocycles. The fourth-order valence-corrected chi connectivity index (χ4v) is 3.67. The highest BCUT2D eigenvalue weighted by Crippen LogP contribution is 2.21. The average Bonchev–Trinajstić information content (AvgIpc) is 3.00. The lowest BCUT2D eigenvalue weighted by atomic mass is 10.2. The molecule has 0 saturated carbocycles. The Kier molecular flexibility index (Phi) is 5.33. The van der Waals surface area contributed by atoms with Gasteiger partial charge in [0.05, 0.1) is 22.9 Å². The number of aromatic nitrogens is 3. The minimum Gasteiger partial charge on any atom is -0.353 e. The summed E-state index contributed by atoms with van der Waals surface area (Å²) >= 11 is 1.21. The van der Waals surface area contributed by atoms with E-state index in [-0.39, 0.29) is 23.3 Å². The molecule has 3 aromatic rings.